The fourth-order valence-corrected chi connectivity index (χ4v) is 2.01. The molecule has 0 fully saturated rings. The Bertz CT molecular complexity index is 586. The number of nitrogens with one attached hydrogen (secondary N) is 1. The number of ketones is 1. The minimum absolute atomic E-state index is 0.201. The highest BCUT2D eigenvalue weighted by atomic mass is 16.3. The van der Waals surface area contributed by atoms with E-state index in [4.69, 9.17) is 5.73 Å². The lowest BCUT2D eigenvalue weighted by Crippen LogP contribution is -2.48. The zero-order valence-corrected chi connectivity index (χ0v) is 8.27. The zero-order valence-electron chi connectivity index (χ0n) is 8.27. The second-order valence-corrected chi connectivity index (χ2v) is 3.76. The maximum atomic E-state index is 11.9. The molecule has 1 aliphatic rings. The van der Waals surface area contributed by atoms with Crippen LogP contribution in [0.15, 0.2) is 30.6 Å². The van der Waals surface area contributed by atoms with E-state index in [0.717, 1.165) is 5.56 Å². The normalized spacial score (nSPS) is 22.8. The zero-order chi connectivity index (χ0) is 11.3. The van der Waals surface area contributed by atoms with Crippen molar-refractivity contribution in [2.24, 2.45) is 5.73 Å². The van der Waals surface area contributed by atoms with E-state index in [-0.39, 0.29) is 5.69 Å². The molecule has 1 unspecified atom stereocenters. The van der Waals surface area contributed by atoms with Gasteiger partial charge in [0.05, 0.1) is 5.69 Å². The lowest BCUT2D eigenvalue weighted by molar-refractivity contribution is 0.0299. The Labute approximate surface area is 90.9 Å². The van der Waals surface area contributed by atoms with Crippen molar-refractivity contribution in [3.8, 4) is 11.1 Å². The minimum atomic E-state index is -2.05. The third-order valence-electron chi connectivity index (χ3n) is 2.78. The fourth-order valence-electron chi connectivity index (χ4n) is 2.01. The third-order valence-corrected chi connectivity index (χ3v) is 2.78. The summed E-state index contributed by atoms with van der Waals surface area (Å²) >= 11 is 0. The number of nitrogens with two attached hydrogens (primary N) is 1. The topological polar surface area (TPSA) is 92.0 Å². The van der Waals surface area contributed by atoms with Gasteiger partial charge in [-0.2, -0.15) is 0 Å². The molecule has 0 aromatic carbocycles. The summed E-state index contributed by atoms with van der Waals surface area (Å²) in [7, 11) is 0. The number of aliphatic hydroxyl groups is 1. The first-order valence-corrected chi connectivity index (χ1v) is 4.81. The second kappa shape index (κ2) is 2.78. The van der Waals surface area contributed by atoms with Gasteiger partial charge in [0, 0.05) is 23.5 Å². The van der Waals surface area contributed by atoms with E-state index < -0.39 is 11.5 Å². The van der Waals surface area contributed by atoms with Crippen molar-refractivity contribution in [3.05, 3.63) is 42.0 Å². The van der Waals surface area contributed by atoms with Crippen molar-refractivity contribution >= 4 is 5.78 Å². The standard InChI is InChI=1S/C11H9N3O2/c12-11(16)9-7(2-1-4-14-9)6-3-5-13-8(6)10(11)15/h1-5,13,16H,12H2. The first kappa shape index (κ1) is 9.26. The highest BCUT2D eigenvalue weighted by Crippen LogP contribution is 2.37. The molecule has 0 saturated carbocycles. The number of fused-ring (bicyclic) bond motifs is 3. The van der Waals surface area contributed by atoms with E-state index in [2.05, 4.69) is 9.97 Å². The van der Waals surface area contributed by atoms with Crippen molar-refractivity contribution in [1.82, 2.24) is 9.97 Å². The van der Waals surface area contributed by atoms with Crippen molar-refractivity contribution in [1.29, 1.82) is 0 Å². The molecule has 1 aliphatic carbocycles. The van der Waals surface area contributed by atoms with Crippen molar-refractivity contribution in [3.63, 3.8) is 0 Å². The van der Waals surface area contributed by atoms with Crippen LogP contribution in [-0.4, -0.2) is 20.9 Å². The number of carbonyl (C=O) groups excluding carboxylic acids is 1. The lowest BCUT2D eigenvalue weighted by Gasteiger charge is -2.27. The number of nitrogens with zero attached hydrogens (tertiary/aromatic N) is 1. The van der Waals surface area contributed by atoms with Crippen LogP contribution in [0.4, 0.5) is 0 Å². The van der Waals surface area contributed by atoms with Crippen LogP contribution in [0.2, 0.25) is 0 Å². The van der Waals surface area contributed by atoms with Gasteiger partial charge in [0.15, 0.2) is 0 Å². The van der Waals surface area contributed by atoms with Gasteiger partial charge in [-0.05, 0) is 12.1 Å². The van der Waals surface area contributed by atoms with Gasteiger partial charge in [-0.25, -0.2) is 0 Å². The Morgan fingerprint density at radius 3 is 3.00 bits per heavy atom. The number of H-pyrrole nitrogens is 1. The predicted molar refractivity (Wildman–Crippen MR) is 56.4 cm³/mol. The molecule has 16 heavy (non-hydrogen) atoms. The van der Waals surface area contributed by atoms with Crippen LogP contribution in [0.1, 0.15) is 16.2 Å². The van der Waals surface area contributed by atoms with Crippen molar-refractivity contribution in [2.45, 2.75) is 5.72 Å². The van der Waals surface area contributed by atoms with Crippen LogP contribution >= 0.6 is 0 Å². The SMILES string of the molecule is NC1(O)C(=O)c2[nH]ccc2-c2cccnc21. The molecule has 2 heterocycles. The minimum Gasteiger partial charge on any atom is -0.364 e. The fraction of sp³-hybridized carbons (Fsp3) is 0.0909. The van der Waals surface area contributed by atoms with Gasteiger partial charge in [-0.15, -0.1) is 0 Å². The molecule has 0 saturated heterocycles. The molecular formula is C11H9N3O2. The number of carbonyl (C=O) groups is 1. The molecule has 0 spiro atoms. The van der Waals surface area contributed by atoms with Crippen molar-refractivity contribution in [2.75, 3.05) is 0 Å². The Hall–Kier alpha value is -1.98. The molecule has 5 nitrogen and oxygen atoms in total. The number of aromatic amines is 1. The second-order valence-electron chi connectivity index (χ2n) is 3.76. The maximum absolute atomic E-state index is 11.9. The first-order valence-electron chi connectivity index (χ1n) is 4.81. The first-order chi connectivity index (χ1) is 7.62. The number of hydrogen-bond acceptors (Lipinski definition) is 4. The van der Waals surface area contributed by atoms with Crippen LogP contribution in [0.25, 0.3) is 11.1 Å². The molecule has 0 aliphatic heterocycles. The smallest absolute Gasteiger partial charge is 0.232 e. The van der Waals surface area contributed by atoms with Crippen molar-refractivity contribution < 1.29 is 9.90 Å². The molecule has 3 rings (SSSR count). The molecule has 2 aromatic heterocycles. The molecule has 0 amide bonds. The van der Waals surface area contributed by atoms with Gasteiger partial charge in [0.1, 0.15) is 5.69 Å². The summed E-state index contributed by atoms with van der Waals surface area (Å²) < 4.78 is 0. The highest BCUT2D eigenvalue weighted by Gasteiger charge is 2.43. The molecule has 0 radical (unpaired) electrons. The number of pyridine rings is 1. The van der Waals surface area contributed by atoms with Gasteiger partial charge in [-0.3, -0.25) is 15.5 Å². The van der Waals surface area contributed by atoms with Crippen LogP contribution < -0.4 is 5.73 Å². The van der Waals surface area contributed by atoms with E-state index >= 15 is 0 Å². The van der Waals surface area contributed by atoms with E-state index in [0.29, 0.717) is 11.3 Å². The van der Waals surface area contributed by atoms with Gasteiger partial charge in [0.25, 0.3) is 0 Å². The number of aromatic nitrogens is 2. The molecule has 0 bridgehead atoms. The predicted octanol–water partition coefficient (Wildman–Crippen LogP) is 0.377. The Morgan fingerprint density at radius 2 is 2.19 bits per heavy atom. The molecule has 5 heteroatoms. The molecule has 4 N–H and O–H groups in total. The molecule has 80 valence electrons. The summed E-state index contributed by atoms with van der Waals surface area (Å²) in [6, 6.07) is 5.28. The highest BCUT2D eigenvalue weighted by molar-refractivity contribution is 6.09. The summed E-state index contributed by atoms with van der Waals surface area (Å²) in [5.74, 6) is -0.557. The summed E-state index contributed by atoms with van der Waals surface area (Å²) in [5.41, 5.74) is 5.52. The van der Waals surface area contributed by atoms with Gasteiger partial charge >= 0.3 is 0 Å². The van der Waals surface area contributed by atoms with Gasteiger partial charge in [-0.1, -0.05) is 6.07 Å². The van der Waals surface area contributed by atoms with Crippen LogP contribution in [-0.2, 0) is 5.72 Å². The van der Waals surface area contributed by atoms with E-state index in [1.807, 2.05) is 0 Å². The molecule has 2 aromatic rings. The van der Waals surface area contributed by atoms with E-state index in [9.17, 15) is 9.90 Å². The third kappa shape index (κ3) is 0.959. The maximum Gasteiger partial charge on any atom is 0.232 e. The average Bonchev–Trinajstić information content (AvgIpc) is 2.75. The monoisotopic (exact) mass is 215 g/mol. The Morgan fingerprint density at radius 1 is 1.38 bits per heavy atom. The number of hydrogen-bond donors (Lipinski definition) is 3. The largest absolute Gasteiger partial charge is 0.364 e. The number of rotatable bonds is 0. The Balaban J connectivity index is 2.41. The van der Waals surface area contributed by atoms with Crippen LogP contribution in [0.5, 0.6) is 0 Å². The van der Waals surface area contributed by atoms with Crippen LogP contribution in [0, 0.1) is 0 Å². The van der Waals surface area contributed by atoms with E-state index in [1.165, 1.54) is 6.20 Å². The summed E-state index contributed by atoms with van der Waals surface area (Å²) in [4.78, 5) is 18.7. The summed E-state index contributed by atoms with van der Waals surface area (Å²) in [6.45, 7) is 0. The quantitative estimate of drug-likeness (QED) is 0.554. The van der Waals surface area contributed by atoms with Crippen LogP contribution in [0.3, 0.4) is 0 Å². The average molecular weight is 215 g/mol. The molecular weight excluding hydrogens is 206 g/mol. The number of Topliss-reactive ketones (excluding diaryl/α,β-unsaturated/α-hetero) is 1. The molecule has 1 atom stereocenters. The summed E-state index contributed by atoms with van der Waals surface area (Å²) in [6.07, 6.45) is 3.14. The van der Waals surface area contributed by atoms with Gasteiger partial charge < -0.3 is 10.1 Å². The Kier molecular flexibility index (Phi) is 1.61. The van der Waals surface area contributed by atoms with Gasteiger partial charge in [0.2, 0.25) is 11.5 Å². The summed E-state index contributed by atoms with van der Waals surface area (Å²) in [5, 5.41) is 10.0. The van der Waals surface area contributed by atoms with E-state index in [1.54, 1.807) is 24.4 Å². The lowest BCUT2D eigenvalue weighted by atomic mass is 9.87.